The van der Waals surface area contributed by atoms with E-state index in [1.54, 1.807) is 31.2 Å². The van der Waals surface area contributed by atoms with Gasteiger partial charge in [-0.1, -0.05) is 24.6 Å². The van der Waals surface area contributed by atoms with Crippen LogP contribution in [0.25, 0.3) is 0 Å². The van der Waals surface area contributed by atoms with Crippen molar-refractivity contribution in [1.82, 2.24) is 10.6 Å². The second-order valence-corrected chi connectivity index (χ2v) is 4.42. The van der Waals surface area contributed by atoms with Crippen molar-refractivity contribution in [1.29, 1.82) is 0 Å². The SMILES string of the molecule is CCC(NC(=O)CNC(=O)c1ccc(C)cc1)C(=O)O. The second kappa shape index (κ2) is 7.28. The van der Waals surface area contributed by atoms with Crippen LogP contribution in [0.5, 0.6) is 0 Å². The third kappa shape index (κ3) is 4.72. The lowest BCUT2D eigenvalue weighted by Crippen LogP contribution is -2.45. The number of carboxylic acid groups (broad SMARTS) is 1. The molecule has 108 valence electrons. The van der Waals surface area contributed by atoms with Crippen molar-refractivity contribution in [3.8, 4) is 0 Å². The van der Waals surface area contributed by atoms with Crippen LogP contribution in [-0.4, -0.2) is 35.5 Å². The van der Waals surface area contributed by atoms with Gasteiger partial charge in [0.1, 0.15) is 6.04 Å². The fourth-order valence-corrected chi connectivity index (χ4v) is 1.55. The molecule has 0 fully saturated rings. The monoisotopic (exact) mass is 278 g/mol. The number of nitrogens with one attached hydrogen (secondary N) is 2. The molecule has 0 aliphatic carbocycles. The maximum absolute atomic E-state index is 11.7. The number of amides is 2. The van der Waals surface area contributed by atoms with Gasteiger partial charge in [-0.2, -0.15) is 0 Å². The predicted octanol–water partition coefficient (Wildman–Crippen LogP) is 0.704. The highest BCUT2D eigenvalue weighted by molar-refractivity contribution is 5.96. The second-order valence-electron chi connectivity index (χ2n) is 4.42. The van der Waals surface area contributed by atoms with Gasteiger partial charge >= 0.3 is 5.97 Å². The molecular formula is C14H18N2O4. The summed E-state index contributed by atoms with van der Waals surface area (Å²) in [6.45, 7) is 3.31. The lowest BCUT2D eigenvalue weighted by Gasteiger charge is -2.12. The minimum absolute atomic E-state index is 0.253. The summed E-state index contributed by atoms with van der Waals surface area (Å²) in [4.78, 5) is 34.0. The van der Waals surface area contributed by atoms with Crippen LogP contribution in [0.2, 0.25) is 0 Å². The third-order valence-electron chi connectivity index (χ3n) is 2.76. The zero-order valence-corrected chi connectivity index (χ0v) is 11.5. The Hall–Kier alpha value is -2.37. The Labute approximate surface area is 117 Å². The first-order chi connectivity index (χ1) is 9.43. The lowest BCUT2D eigenvalue weighted by atomic mass is 10.1. The standard InChI is InChI=1S/C14H18N2O4/c1-3-11(14(19)20)16-12(17)8-15-13(18)10-6-4-9(2)5-7-10/h4-7,11H,3,8H2,1-2H3,(H,15,18)(H,16,17)(H,19,20). The largest absolute Gasteiger partial charge is 0.480 e. The highest BCUT2D eigenvalue weighted by atomic mass is 16.4. The maximum Gasteiger partial charge on any atom is 0.326 e. The highest BCUT2D eigenvalue weighted by Gasteiger charge is 2.17. The molecule has 20 heavy (non-hydrogen) atoms. The van der Waals surface area contributed by atoms with Crippen LogP contribution in [0, 0.1) is 6.92 Å². The molecule has 1 aromatic rings. The first kappa shape index (κ1) is 15.7. The van der Waals surface area contributed by atoms with E-state index in [-0.39, 0.29) is 18.9 Å². The summed E-state index contributed by atoms with van der Waals surface area (Å²) in [6.07, 6.45) is 0.285. The normalized spacial score (nSPS) is 11.5. The molecule has 0 aliphatic rings. The average Bonchev–Trinajstić information content (AvgIpc) is 2.42. The zero-order chi connectivity index (χ0) is 15.1. The van der Waals surface area contributed by atoms with Crippen LogP contribution >= 0.6 is 0 Å². The quantitative estimate of drug-likeness (QED) is 0.714. The Bertz CT molecular complexity index is 496. The topological polar surface area (TPSA) is 95.5 Å². The summed E-state index contributed by atoms with van der Waals surface area (Å²) < 4.78 is 0. The van der Waals surface area contributed by atoms with Gasteiger partial charge in [0, 0.05) is 5.56 Å². The van der Waals surface area contributed by atoms with Crippen molar-refractivity contribution in [2.24, 2.45) is 0 Å². The summed E-state index contributed by atoms with van der Waals surface area (Å²) in [5.41, 5.74) is 1.49. The number of hydrogen-bond acceptors (Lipinski definition) is 3. The molecule has 6 nitrogen and oxygen atoms in total. The van der Waals surface area contributed by atoms with E-state index in [1.807, 2.05) is 6.92 Å². The molecule has 0 spiro atoms. The fourth-order valence-electron chi connectivity index (χ4n) is 1.55. The minimum Gasteiger partial charge on any atom is -0.480 e. The van der Waals surface area contributed by atoms with E-state index in [9.17, 15) is 14.4 Å². The number of carbonyl (C=O) groups is 3. The Morgan fingerprint density at radius 2 is 1.80 bits per heavy atom. The van der Waals surface area contributed by atoms with Crippen molar-refractivity contribution in [3.63, 3.8) is 0 Å². The van der Waals surface area contributed by atoms with Crippen molar-refractivity contribution < 1.29 is 19.5 Å². The number of aryl methyl sites for hydroxylation is 1. The minimum atomic E-state index is -1.09. The van der Waals surface area contributed by atoms with Gasteiger partial charge in [-0.25, -0.2) is 4.79 Å². The molecule has 0 heterocycles. The molecule has 2 amide bonds. The summed E-state index contributed by atoms with van der Waals surface area (Å²) in [5, 5.41) is 13.6. The van der Waals surface area contributed by atoms with Crippen LogP contribution < -0.4 is 10.6 Å². The molecule has 3 N–H and O–H groups in total. The van der Waals surface area contributed by atoms with Crippen LogP contribution in [-0.2, 0) is 9.59 Å². The molecule has 1 atom stereocenters. The molecule has 6 heteroatoms. The van der Waals surface area contributed by atoms with Gasteiger partial charge in [0.15, 0.2) is 0 Å². The Balaban J connectivity index is 2.46. The zero-order valence-electron chi connectivity index (χ0n) is 11.5. The highest BCUT2D eigenvalue weighted by Crippen LogP contribution is 2.02. The van der Waals surface area contributed by atoms with Crippen LogP contribution in [0.15, 0.2) is 24.3 Å². The van der Waals surface area contributed by atoms with E-state index in [0.29, 0.717) is 5.56 Å². The number of carbonyl (C=O) groups excluding carboxylic acids is 2. The van der Waals surface area contributed by atoms with Gasteiger partial charge in [0.05, 0.1) is 6.54 Å². The molecule has 0 aromatic heterocycles. The Morgan fingerprint density at radius 3 is 2.30 bits per heavy atom. The maximum atomic E-state index is 11.7. The van der Waals surface area contributed by atoms with E-state index < -0.39 is 17.9 Å². The van der Waals surface area contributed by atoms with Crippen molar-refractivity contribution in [2.75, 3.05) is 6.54 Å². The van der Waals surface area contributed by atoms with Gasteiger partial charge in [0.25, 0.3) is 5.91 Å². The van der Waals surface area contributed by atoms with Gasteiger partial charge in [-0.3, -0.25) is 9.59 Å². The number of carboxylic acids is 1. The predicted molar refractivity (Wildman–Crippen MR) is 73.4 cm³/mol. The number of hydrogen-bond donors (Lipinski definition) is 3. The molecule has 1 rings (SSSR count). The number of rotatable bonds is 6. The molecule has 0 radical (unpaired) electrons. The number of aliphatic carboxylic acids is 1. The van der Waals surface area contributed by atoms with E-state index in [2.05, 4.69) is 10.6 Å². The summed E-state index contributed by atoms with van der Waals surface area (Å²) in [6, 6.07) is 5.99. The van der Waals surface area contributed by atoms with Crippen LogP contribution in [0.1, 0.15) is 29.3 Å². The molecule has 0 saturated heterocycles. The first-order valence-electron chi connectivity index (χ1n) is 6.31. The molecule has 1 unspecified atom stereocenters. The Morgan fingerprint density at radius 1 is 1.20 bits per heavy atom. The van der Waals surface area contributed by atoms with Crippen molar-refractivity contribution in [2.45, 2.75) is 26.3 Å². The van der Waals surface area contributed by atoms with E-state index >= 15 is 0 Å². The molecule has 0 bridgehead atoms. The van der Waals surface area contributed by atoms with E-state index in [0.717, 1.165) is 5.56 Å². The van der Waals surface area contributed by atoms with E-state index in [4.69, 9.17) is 5.11 Å². The number of benzene rings is 1. The van der Waals surface area contributed by atoms with E-state index in [1.165, 1.54) is 0 Å². The fraction of sp³-hybridized carbons (Fsp3) is 0.357. The van der Waals surface area contributed by atoms with Gasteiger partial charge in [-0.15, -0.1) is 0 Å². The van der Waals surface area contributed by atoms with Gasteiger partial charge < -0.3 is 15.7 Å². The smallest absolute Gasteiger partial charge is 0.326 e. The molecular weight excluding hydrogens is 260 g/mol. The summed E-state index contributed by atoms with van der Waals surface area (Å²) >= 11 is 0. The van der Waals surface area contributed by atoms with Crippen LogP contribution in [0.3, 0.4) is 0 Å². The van der Waals surface area contributed by atoms with Crippen molar-refractivity contribution in [3.05, 3.63) is 35.4 Å². The third-order valence-corrected chi connectivity index (χ3v) is 2.76. The van der Waals surface area contributed by atoms with Gasteiger partial charge in [0.2, 0.25) is 5.91 Å². The van der Waals surface area contributed by atoms with Crippen LogP contribution in [0.4, 0.5) is 0 Å². The summed E-state index contributed by atoms with van der Waals surface area (Å²) in [7, 11) is 0. The first-order valence-corrected chi connectivity index (χ1v) is 6.31. The molecule has 0 aliphatic heterocycles. The molecule has 1 aromatic carbocycles. The lowest BCUT2D eigenvalue weighted by molar-refractivity contribution is -0.141. The average molecular weight is 278 g/mol. The Kier molecular flexibility index (Phi) is 5.71. The van der Waals surface area contributed by atoms with Gasteiger partial charge in [-0.05, 0) is 25.5 Å². The molecule has 0 saturated carbocycles. The summed E-state index contributed by atoms with van der Waals surface area (Å²) in [5.74, 6) is -1.99. The van der Waals surface area contributed by atoms with Crippen molar-refractivity contribution >= 4 is 17.8 Å².